The maximum Gasteiger partial charge on any atom is 0.314 e. The number of carbonyl (C=O) groups is 1. The van der Waals surface area contributed by atoms with Crippen molar-refractivity contribution in [2.24, 2.45) is 0 Å². The largest absolute Gasteiger partial charge is 0.493 e. The van der Waals surface area contributed by atoms with Gasteiger partial charge < -0.3 is 14.6 Å². The van der Waals surface area contributed by atoms with E-state index in [1.165, 1.54) is 0 Å². The van der Waals surface area contributed by atoms with Crippen molar-refractivity contribution in [3.05, 3.63) is 22.2 Å². The number of carboxylic acid groups (broad SMARTS) is 1. The van der Waals surface area contributed by atoms with Crippen molar-refractivity contribution in [1.82, 2.24) is 0 Å². The van der Waals surface area contributed by atoms with Gasteiger partial charge in [0.1, 0.15) is 0 Å². The molecule has 2 rings (SSSR count). The Morgan fingerprint density at radius 3 is 2.27 bits per heavy atom. The molecule has 0 atom stereocenters. The second kappa shape index (κ2) is 6.37. The van der Waals surface area contributed by atoms with Crippen LogP contribution in [-0.4, -0.2) is 25.3 Å². The summed E-state index contributed by atoms with van der Waals surface area (Å²) in [5, 5.41) is 10.4. The Morgan fingerprint density at radius 1 is 1.27 bits per heavy atom. The van der Waals surface area contributed by atoms with Crippen LogP contribution in [0.25, 0.3) is 0 Å². The van der Waals surface area contributed by atoms with E-state index < -0.39 is 11.4 Å². The zero-order chi connectivity index (χ0) is 16.5. The minimum Gasteiger partial charge on any atom is -0.493 e. The fourth-order valence-electron chi connectivity index (χ4n) is 3.58. The van der Waals surface area contributed by atoms with Crippen molar-refractivity contribution in [3.8, 4) is 11.5 Å². The topological polar surface area (TPSA) is 55.8 Å². The van der Waals surface area contributed by atoms with E-state index in [9.17, 15) is 9.90 Å². The minimum atomic E-state index is -0.920. The first-order valence-electron chi connectivity index (χ1n) is 7.57. The van der Waals surface area contributed by atoms with Crippen molar-refractivity contribution in [3.63, 3.8) is 0 Å². The monoisotopic (exact) mass is 326 g/mol. The second-order valence-corrected chi connectivity index (χ2v) is 6.54. The molecule has 0 bridgehead atoms. The van der Waals surface area contributed by atoms with Gasteiger partial charge in [-0.2, -0.15) is 0 Å². The van der Waals surface area contributed by atoms with E-state index in [1.54, 1.807) is 20.3 Å². The van der Waals surface area contributed by atoms with E-state index in [0.717, 1.165) is 18.4 Å². The van der Waals surface area contributed by atoms with Crippen LogP contribution >= 0.6 is 11.6 Å². The quantitative estimate of drug-likeness (QED) is 0.872. The van der Waals surface area contributed by atoms with Crippen LogP contribution in [0.5, 0.6) is 11.5 Å². The van der Waals surface area contributed by atoms with Crippen LogP contribution in [0, 0.1) is 0 Å². The molecule has 0 saturated heterocycles. The molecule has 4 nitrogen and oxygen atoms in total. The molecule has 0 radical (unpaired) electrons. The van der Waals surface area contributed by atoms with E-state index in [-0.39, 0.29) is 5.92 Å². The molecule has 1 aromatic rings. The van der Waals surface area contributed by atoms with Crippen LogP contribution in [0.3, 0.4) is 0 Å². The normalized spacial score (nSPS) is 16.8. The van der Waals surface area contributed by atoms with Gasteiger partial charge in [-0.3, -0.25) is 4.79 Å². The lowest BCUT2D eigenvalue weighted by molar-refractivity contribution is -0.143. The number of rotatable bonds is 5. The van der Waals surface area contributed by atoms with E-state index >= 15 is 0 Å². The summed E-state index contributed by atoms with van der Waals surface area (Å²) in [5.74, 6) is 0.401. The molecule has 1 fully saturated rings. The van der Waals surface area contributed by atoms with Gasteiger partial charge in [0.15, 0.2) is 11.5 Å². The molecule has 0 spiro atoms. The van der Waals surface area contributed by atoms with Crippen LogP contribution < -0.4 is 9.47 Å². The number of aliphatic carboxylic acids is 1. The highest BCUT2D eigenvalue weighted by Gasteiger charge is 2.47. The average Bonchev–Trinajstić information content (AvgIpc) is 2.96. The Labute approximate surface area is 136 Å². The van der Waals surface area contributed by atoms with Gasteiger partial charge in [0, 0.05) is 16.7 Å². The van der Waals surface area contributed by atoms with Gasteiger partial charge in [-0.05, 0) is 24.3 Å². The summed E-state index contributed by atoms with van der Waals surface area (Å²) < 4.78 is 10.9. The fourth-order valence-corrected chi connectivity index (χ4v) is 3.96. The number of carboxylic acids is 1. The Kier molecular flexibility index (Phi) is 4.90. The first kappa shape index (κ1) is 16.9. The SMILES string of the molecule is COc1cc(Cl)c(C2(C(=O)O)CCCC2)c(C(C)C)c1OC. The Hall–Kier alpha value is -1.42. The molecule has 0 unspecified atom stereocenters. The summed E-state index contributed by atoms with van der Waals surface area (Å²) in [6.45, 7) is 4.03. The van der Waals surface area contributed by atoms with Gasteiger partial charge in [-0.25, -0.2) is 0 Å². The minimum absolute atomic E-state index is 0.0781. The van der Waals surface area contributed by atoms with E-state index in [4.69, 9.17) is 21.1 Å². The Morgan fingerprint density at radius 2 is 1.86 bits per heavy atom. The highest BCUT2D eigenvalue weighted by atomic mass is 35.5. The highest BCUT2D eigenvalue weighted by molar-refractivity contribution is 6.32. The number of hydrogen-bond acceptors (Lipinski definition) is 3. The van der Waals surface area contributed by atoms with Crippen molar-refractivity contribution in [2.75, 3.05) is 14.2 Å². The molecule has 1 aliphatic carbocycles. The molecule has 0 aromatic heterocycles. The second-order valence-electron chi connectivity index (χ2n) is 6.13. The zero-order valence-corrected chi connectivity index (χ0v) is 14.3. The molecule has 22 heavy (non-hydrogen) atoms. The Bertz CT molecular complexity index is 575. The average molecular weight is 327 g/mol. The van der Waals surface area contributed by atoms with E-state index in [0.29, 0.717) is 34.9 Å². The van der Waals surface area contributed by atoms with Crippen LogP contribution in [0.2, 0.25) is 5.02 Å². The zero-order valence-electron chi connectivity index (χ0n) is 13.5. The predicted octanol–water partition coefficient (Wildman–Crippen LogP) is 4.38. The first-order valence-corrected chi connectivity index (χ1v) is 7.95. The van der Waals surface area contributed by atoms with Gasteiger partial charge in [0.05, 0.1) is 19.6 Å². The number of benzene rings is 1. The lowest BCUT2D eigenvalue weighted by Crippen LogP contribution is -2.34. The summed E-state index contributed by atoms with van der Waals surface area (Å²) in [7, 11) is 3.13. The molecule has 122 valence electrons. The third-order valence-electron chi connectivity index (χ3n) is 4.58. The number of ether oxygens (including phenoxy) is 2. The van der Waals surface area contributed by atoms with Gasteiger partial charge in [0.2, 0.25) is 0 Å². The van der Waals surface area contributed by atoms with E-state index in [1.807, 2.05) is 13.8 Å². The van der Waals surface area contributed by atoms with Crippen LogP contribution in [0.4, 0.5) is 0 Å². The molecule has 0 aliphatic heterocycles. The maximum absolute atomic E-state index is 12.1. The summed E-state index contributed by atoms with van der Waals surface area (Å²) >= 11 is 6.50. The van der Waals surface area contributed by atoms with E-state index in [2.05, 4.69) is 0 Å². The van der Waals surface area contributed by atoms with Crippen molar-refractivity contribution in [2.45, 2.75) is 50.9 Å². The number of methoxy groups -OCH3 is 2. The van der Waals surface area contributed by atoms with Crippen LogP contribution in [0.1, 0.15) is 56.6 Å². The fraction of sp³-hybridized carbons (Fsp3) is 0.588. The molecular weight excluding hydrogens is 304 g/mol. The van der Waals surface area contributed by atoms with Crippen molar-refractivity contribution < 1.29 is 19.4 Å². The maximum atomic E-state index is 12.1. The van der Waals surface area contributed by atoms with Crippen LogP contribution in [-0.2, 0) is 10.2 Å². The smallest absolute Gasteiger partial charge is 0.314 e. The van der Waals surface area contributed by atoms with Gasteiger partial charge in [0.25, 0.3) is 0 Å². The summed E-state index contributed by atoms with van der Waals surface area (Å²) in [6, 6.07) is 1.67. The Balaban J connectivity index is 2.82. The van der Waals surface area contributed by atoms with Gasteiger partial charge in [-0.15, -0.1) is 0 Å². The lowest BCUT2D eigenvalue weighted by atomic mass is 9.74. The van der Waals surface area contributed by atoms with Crippen molar-refractivity contribution in [1.29, 1.82) is 0 Å². The number of halogens is 1. The summed E-state index contributed by atoms with van der Waals surface area (Å²) in [5.41, 5.74) is 0.624. The van der Waals surface area contributed by atoms with Crippen LogP contribution in [0.15, 0.2) is 6.07 Å². The summed E-state index contributed by atoms with van der Waals surface area (Å²) in [6.07, 6.45) is 3.01. The number of hydrogen-bond donors (Lipinski definition) is 1. The van der Waals surface area contributed by atoms with Crippen molar-refractivity contribution >= 4 is 17.6 Å². The molecule has 1 N–H and O–H groups in total. The lowest BCUT2D eigenvalue weighted by Gasteiger charge is -2.31. The summed E-state index contributed by atoms with van der Waals surface area (Å²) in [4.78, 5) is 12.1. The first-order chi connectivity index (χ1) is 10.4. The predicted molar refractivity (Wildman–Crippen MR) is 86.4 cm³/mol. The van der Waals surface area contributed by atoms with Gasteiger partial charge >= 0.3 is 5.97 Å². The molecule has 0 amide bonds. The highest BCUT2D eigenvalue weighted by Crippen LogP contribution is 2.51. The molecular formula is C17H23ClO4. The third-order valence-corrected chi connectivity index (χ3v) is 4.88. The third kappa shape index (κ3) is 2.54. The molecule has 5 heteroatoms. The molecule has 0 heterocycles. The molecule has 1 aliphatic rings. The molecule has 1 aromatic carbocycles. The molecule has 1 saturated carbocycles. The van der Waals surface area contributed by atoms with Gasteiger partial charge in [-0.1, -0.05) is 38.3 Å². The standard InChI is InChI=1S/C17H23ClO4/c1-10(2)13-14(17(16(19)20)7-5-6-8-17)11(18)9-12(21-3)15(13)22-4/h9-10H,5-8H2,1-4H3,(H,19,20).